The summed E-state index contributed by atoms with van der Waals surface area (Å²) in [5.74, 6) is 0.922. The van der Waals surface area contributed by atoms with Gasteiger partial charge >= 0.3 is 0 Å². The largest absolute Gasteiger partial charge is 0.316 e. The maximum Gasteiger partial charge on any atom is 0.241 e. The number of carbonyl (C=O) groups excluding carboxylic acids is 1. The van der Waals surface area contributed by atoms with Gasteiger partial charge < -0.3 is 10.2 Å². The molecule has 3 heterocycles. The zero-order chi connectivity index (χ0) is 19.0. The van der Waals surface area contributed by atoms with Gasteiger partial charge in [-0.3, -0.25) is 9.69 Å². The molecule has 28 heavy (non-hydrogen) atoms. The van der Waals surface area contributed by atoms with Gasteiger partial charge in [0.15, 0.2) is 0 Å². The molecule has 1 N–H and O–H groups in total. The monoisotopic (exact) mass is 375 g/mol. The molecule has 0 aliphatic carbocycles. The fraction of sp³-hybridized carbons (Fsp3) is 0.458. The first-order chi connectivity index (χ1) is 13.7. The Morgan fingerprint density at radius 1 is 1.11 bits per heavy atom. The Morgan fingerprint density at radius 2 is 1.93 bits per heavy atom. The molecule has 4 nitrogen and oxygen atoms in total. The highest BCUT2D eigenvalue weighted by Gasteiger charge is 2.49. The number of para-hydroxylation sites is 1. The first-order valence-electron chi connectivity index (χ1n) is 10.6. The first-order valence-corrected chi connectivity index (χ1v) is 10.6. The summed E-state index contributed by atoms with van der Waals surface area (Å²) in [4.78, 5) is 17.5. The number of nitrogens with zero attached hydrogens (tertiary/aromatic N) is 2. The fourth-order valence-electron chi connectivity index (χ4n) is 5.52. The molecule has 0 radical (unpaired) electrons. The molecule has 0 spiro atoms. The minimum Gasteiger partial charge on any atom is -0.316 e. The van der Waals surface area contributed by atoms with E-state index >= 15 is 0 Å². The van der Waals surface area contributed by atoms with E-state index < -0.39 is 0 Å². The second kappa shape index (κ2) is 7.34. The van der Waals surface area contributed by atoms with Crippen LogP contribution in [-0.2, 0) is 17.6 Å². The molecule has 3 aliphatic heterocycles. The number of hydrogen-bond acceptors (Lipinski definition) is 3. The number of likely N-dealkylation sites (tertiary alicyclic amines) is 1. The van der Waals surface area contributed by atoms with Crippen molar-refractivity contribution in [3.8, 4) is 0 Å². The number of aryl methyl sites for hydroxylation is 1. The summed E-state index contributed by atoms with van der Waals surface area (Å²) in [5, 5.41) is 3.62. The van der Waals surface area contributed by atoms with Crippen LogP contribution in [0.25, 0.3) is 0 Å². The summed E-state index contributed by atoms with van der Waals surface area (Å²) in [6.07, 6.45) is 3.31. The molecule has 146 valence electrons. The van der Waals surface area contributed by atoms with Crippen LogP contribution in [0, 0.1) is 11.3 Å². The van der Waals surface area contributed by atoms with Gasteiger partial charge in [-0.05, 0) is 48.9 Å². The Bertz CT molecular complexity index is 852. The number of benzene rings is 2. The molecule has 2 aromatic rings. The third-order valence-corrected chi connectivity index (χ3v) is 7.05. The van der Waals surface area contributed by atoms with Crippen molar-refractivity contribution in [2.75, 3.05) is 44.2 Å². The molecule has 0 bridgehead atoms. The van der Waals surface area contributed by atoms with Crippen molar-refractivity contribution in [2.24, 2.45) is 11.3 Å². The van der Waals surface area contributed by atoms with Crippen LogP contribution in [0.4, 0.5) is 5.69 Å². The minimum absolute atomic E-state index is 0.260. The van der Waals surface area contributed by atoms with Crippen LogP contribution in [0.3, 0.4) is 0 Å². The molecule has 2 atom stereocenters. The van der Waals surface area contributed by atoms with Gasteiger partial charge in [-0.1, -0.05) is 48.5 Å². The maximum absolute atomic E-state index is 13.0. The number of amides is 1. The average molecular weight is 376 g/mol. The Hall–Kier alpha value is -2.17. The number of carbonyl (C=O) groups is 1. The van der Waals surface area contributed by atoms with E-state index in [1.54, 1.807) is 0 Å². The maximum atomic E-state index is 13.0. The van der Waals surface area contributed by atoms with Crippen molar-refractivity contribution in [3.05, 3.63) is 65.7 Å². The third-order valence-electron chi connectivity index (χ3n) is 7.05. The van der Waals surface area contributed by atoms with Crippen LogP contribution in [0.1, 0.15) is 17.5 Å². The number of hydrogen-bond donors (Lipinski definition) is 1. The number of fused-ring (bicyclic) bond motifs is 2. The van der Waals surface area contributed by atoms with E-state index in [4.69, 9.17) is 0 Å². The molecule has 2 unspecified atom stereocenters. The number of rotatable bonds is 5. The van der Waals surface area contributed by atoms with Gasteiger partial charge in [-0.15, -0.1) is 0 Å². The van der Waals surface area contributed by atoms with Crippen molar-refractivity contribution in [2.45, 2.75) is 19.3 Å². The fourth-order valence-corrected chi connectivity index (χ4v) is 5.52. The summed E-state index contributed by atoms with van der Waals surface area (Å²) < 4.78 is 0. The quantitative estimate of drug-likeness (QED) is 0.873. The lowest BCUT2D eigenvalue weighted by molar-refractivity contribution is -0.119. The zero-order valence-corrected chi connectivity index (χ0v) is 16.4. The molecular weight excluding hydrogens is 346 g/mol. The smallest absolute Gasteiger partial charge is 0.241 e. The van der Waals surface area contributed by atoms with Gasteiger partial charge in [-0.2, -0.15) is 0 Å². The van der Waals surface area contributed by atoms with Crippen LogP contribution < -0.4 is 10.2 Å². The Balaban J connectivity index is 1.24. The van der Waals surface area contributed by atoms with E-state index in [0.717, 1.165) is 51.3 Å². The highest BCUT2D eigenvalue weighted by atomic mass is 16.2. The predicted molar refractivity (Wildman–Crippen MR) is 112 cm³/mol. The molecule has 2 saturated heterocycles. The van der Waals surface area contributed by atoms with Crippen LogP contribution >= 0.6 is 0 Å². The standard InChI is InChI=1S/C24H29N3O/c28-23(27-13-11-20-8-4-5-9-22(20)27)16-26-15-21-14-25-17-24(21,18-26)12-10-19-6-2-1-3-7-19/h1-9,21,25H,10-18H2. The second-order valence-electron chi connectivity index (χ2n) is 8.77. The van der Waals surface area contributed by atoms with E-state index in [9.17, 15) is 4.79 Å². The van der Waals surface area contributed by atoms with Gasteiger partial charge in [0, 0.05) is 37.3 Å². The van der Waals surface area contributed by atoms with Crippen molar-refractivity contribution < 1.29 is 4.79 Å². The second-order valence-corrected chi connectivity index (χ2v) is 8.77. The van der Waals surface area contributed by atoms with Gasteiger partial charge in [0.25, 0.3) is 0 Å². The van der Waals surface area contributed by atoms with Crippen molar-refractivity contribution >= 4 is 11.6 Å². The summed E-state index contributed by atoms with van der Waals surface area (Å²) >= 11 is 0. The Kier molecular flexibility index (Phi) is 4.69. The topological polar surface area (TPSA) is 35.6 Å². The van der Waals surface area contributed by atoms with Crippen LogP contribution in [-0.4, -0.2) is 50.1 Å². The first kappa shape index (κ1) is 17.9. The molecule has 3 aliphatic rings. The lowest BCUT2D eigenvalue weighted by Gasteiger charge is -2.28. The summed E-state index contributed by atoms with van der Waals surface area (Å²) in [7, 11) is 0. The molecule has 0 saturated carbocycles. The van der Waals surface area contributed by atoms with E-state index in [2.05, 4.69) is 58.7 Å². The molecule has 4 heteroatoms. The minimum atomic E-state index is 0.260. The average Bonchev–Trinajstić information content (AvgIpc) is 3.39. The highest BCUT2D eigenvalue weighted by molar-refractivity contribution is 5.96. The summed E-state index contributed by atoms with van der Waals surface area (Å²) in [5.41, 5.74) is 4.16. The molecule has 2 aromatic carbocycles. The summed E-state index contributed by atoms with van der Waals surface area (Å²) in [6, 6.07) is 19.1. The van der Waals surface area contributed by atoms with Crippen LogP contribution in [0.15, 0.2) is 54.6 Å². The molecule has 1 amide bonds. The van der Waals surface area contributed by atoms with Gasteiger partial charge in [0.2, 0.25) is 5.91 Å². The molecule has 0 aromatic heterocycles. The van der Waals surface area contributed by atoms with Crippen molar-refractivity contribution in [1.29, 1.82) is 0 Å². The van der Waals surface area contributed by atoms with Crippen LogP contribution in [0.5, 0.6) is 0 Å². The Labute approximate surface area is 167 Å². The van der Waals surface area contributed by atoms with Gasteiger partial charge in [0.05, 0.1) is 6.54 Å². The molecule has 2 fully saturated rings. The highest BCUT2D eigenvalue weighted by Crippen LogP contribution is 2.42. The number of nitrogens with one attached hydrogen (secondary N) is 1. The Morgan fingerprint density at radius 3 is 2.82 bits per heavy atom. The lowest BCUT2D eigenvalue weighted by atomic mass is 9.76. The van der Waals surface area contributed by atoms with Crippen molar-refractivity contribution in [3.63, 3.8) is 0 Å². The normalized spacial score (nSPS) is 26.4. The van der Waals surface area contributed by atoms with Gasteiger partial charge in [-0.25, -0.2) is 0 Å². The summed E-state index contributed by atoms with van der Waals surface area (Å²) in [6.45, 7) is 5.64. The molecule has 5 rings (SSSR count). The van der Waals surface area contributed by atoms with E-state index in [-0.39, 0.29) is 5.91 Å². The van der Waals surface area contributed by atoms with E-state index in [0.29, 0.717) is 17.9 Å². The van der Waals surface area contributed by atoms with Crippen molar-refractivity contribution in [1.82, 2.24) is 10.2 Å². The predicted octanol–water partition coefficient (Wildman–Crippen LogP) is 2.73. The number of anilines is 1. The van der Waals surface area contributed by atoms with E-state index in [1.165, 1.54) is 17.5 Å². The molecular formula is C24H29N3O. The third kappa shape index (κ3) is 3.25. The lowest BCUT2D eigenvalue weighted by Crippen LogP contribution is -2.41. The van der Waals surface area contributed by atoms with Crippen LogP contribution in [0.2, 0.25) is 0 Å². The van der Waals surface area contributed by atoms with E-state index in [1.807, 2.05) is 11.0 Å². The zero-order valence-electron chi connectivity index (χ0n) is 16.4. The van der Waals surface area contributed by atoms with Gasteiger partial charge in [0.1, 0.15) is 0 Å². The SMILES string of the molecule is O=C(CN1CC2CNCC2(CCc2ccccc2)C1)N1CCc2ccccc21.